The summed E-state index contributed by atoms with van der Waals surface area (Å²) in [6, 6.07) is 11.4. The van der Waals surface area contributed by atoms with E-state index in [1.165, 1.54) is 38.5 Å². The molecule has 126 valence electrons. The Hall–Kier alpha value is -1.89. The second kappa shape index (κ2) is 5.31. The Morgan fingerprint density at radius 1 is 0.667 bits per heavy atom. The van der Waals surface area contributed by atoms with Gasteiger partial charge in [-0.25, -0.2) is 0 Å². The topological polar surface area (TPSA) is 12.9 Å². The summed E-state index contributed by atoms with van der Waals surface area (Å²) in [6.07, 6.45) is 0. The maximum atomic E-state index is 5.10. The molecule has 0 fully saturated rings. The maximum Gasteiger partial charge on any atom is 0.0786 e. The minimum absolute atomic E-state index is 0.0534. The quantitative estimate of drug-likeness (QED) is 0.425. The van der Waals surface area contributed by atoms with Crippen LogP contribution in [0.5, 0.6) is 0 Å². The molecule has 1 heterocycles. The molecule has 0 unspecified atom stereocenters. The van der Waals surface area contributed by atoms with E-state index in [-0.39, 0.29) is 10.8 Å². The Bertz CT molecular complexity index is 856. The van der Waals surface area contributed by atoms with Crippen LogP contribution in [-0.4, -0.2) is 4.98 Å². The number of hydrogen-bond donors (Lipinski definition) is 0. The fourth-order valence-corrected chi connectivity index (χ4v) is 3.30. The Kier molecular flexibility index (Phi) is 3.75. The van der Waals surface area contributed by atoms with Gasteiger partial charge in [0.05, 0.1) is 5.52 Å². The van der Waals surface area contributed by atoms with Gasteiger partial charge >= 0.3 is 0 Å². The van der Waals surface area contributed by atoms with E-state index in [1.54, 1.807) is 0 Å². The number of fused-ring (bicyclic) bond motifs is 3. The first kappa shape index (κ1) is 17.0. The van der Waals surface area contributed by atoms with Crippen LogP contribution in [0.1, 0.15) is 63.9 Å². The van der Waals surface area contributed by atoms with Crippen LogP contribution >= 0.6 is 0 Å². The first-order valence-electron chi connectivity index (χ1n) is 8.84. The van der Waals surface area contributed by atoms with Crippen LogP contribution in [0.4, 0.5) is 0 Å². The van der Waals surface area contributed by atoms with Gasteiger partial charge in [-0.3, -0.25) is 4.98 Å². The van der Waals surface area contributed by atoms with Gasteiger partial charge in [0, 0.05) is 21.9 Å². The normalized spacial score (nSPS) is 13.0. The molecule has 2 aromatic carbocycles. The Morgan fingerprint density at radius 3 is 1.83 bits per heavy atom. The Morgan fingerprint density at radius 2 is 1.25 bits per heavy atom. The molecule has 3 aromatic rings. The Balaban J connectivity index is 2.48. The highest BCUT2D eigenvalue weighted by Crippen LogP contribution is 2.34. The van der Waals surface area contributed by atoms with Crippen molar-refractivity contribution in [3.63, 3.8) is 0 Å². The van der Waals surface area contributed by atoms with Crippen molar-refractivity contribution in [3.05, 3.63) is 52.7 Å². The smallest absolute Gasteiger partial charge is 0.0786 e. The van der Waals surface area contributed by atoms with Crippen LogP contribution in [0.3, 0.4) is 0 Å². The molecule has 1 aromatic heterocycles. The van der Waals surface area contributed by atoms with Crippen molar-refractivity contribution < 1.29 is 0 Å². The van der Waals surface area contributed by atoms with Crippen molar-refractivity contribution in [2.75, 3.05) is 0 Å². The highest BCUT2D eigenvalue weighted by atomic mass is 14.7. The molecule has 0 aliphatic rings. The molecule has 0 N–H and O–H groups in total. The number of benzene rings is 2. The van der Waals surface area contributed by atoms with Gasteiger partial charge in [0.2, 0.25) is 0 Å². The van der Waals surface area contributed by atoms with Crippen molar-refractivity contribution in [2.45, 2.75) is 66.2 Å². The SMILES string of the molecule is Cc1cc(C(C)(C)C)cc2c1ccc1c(C)cc(C(C)(C)C)nc12. The zero-order valence-electron chi connectivity index (χ0n) is 16.3. The van der Waals surface area contributed by atoms with Crippen LogP contribution in [0.2, 0.25) is 0 Å². The maximum absolute atomic E-state index is 5.10. The number of aromatic nitrogens is 1. The summed E-state index contributed by atoms with van der Waals surface area (Å²) >= 11 is 0. The third-order valence-electron chi connectivity index (χ3n) is 4.96. The summed E-state index contributed by atoms with van der Waals surface area (Å²) in [5.74, 6) is 0. The summed E-state index contributed by atoms with van der Waals surface area (Å²) in [4.78, 5) is 5.10. The molecule has 24 heavy (non-hydrogen) atoms. The molecule has 1 nitrogen and oxygen atoms in total. The third kappa shape index (κ3) is 2.81. The lowest BCUT2D eigenvalue weighted by Gasteiger charge is -2.22. The van der Waals surface area contributed by atoms with Crippen LogP contribution in [0.25, 0.3) is 21.7 Å². The van der Waals surface area contributed by atoms with Crippen LogP contribution in [-0.2, 0) is 10.8 Å². The van der Waals surface area contributed by atoms with Crippen LogP contribution in [0, 0.1) is 13.8 Å². The van der Waals surface area contributed by atoms with Crippen molar-refractivity contribution in [2.24, 2.45) is 0 Å². The van der Waals surface area contributed by atoms with Gasteiger partial charge in [-0.05, 0) is 53.5 Å². The van der Waals surface area contributed by atoms with E-state index in [9.17, 15) is 0 Å². The molecular weight excluding hydrogens is 290 g/mol. The standard InChI is InChI=1S/C23H29N/c1-14-11-16(22(3,4)5)13-19-17(14)9-10-18-15(2)12-20(23(6,7)8)24-21(18)19/h9-13H,1-8H3. The van der Waals surface area contributed by atoms with E-state index in [0.29, 0.717) is 0 Å². The van der Waals surface area contributed by atoms with Crippen LogP contribution in [0.15, 0.2) is 30.3 Å². The highest BCUT2D eigenvalue weighted by molar-refractivity contribution is 6.07. The largest absolute Gasteiger partial charge is 0.252 e. The molecular formula is C23H29N. The molecule has 0 amide bonds. The fraction of sp³-hybridized carbons (Fsp3) is 0.435. The first-order valence-corrected chi connectivity index (χ1v) is 8.84. The number of hydrogen-bond acceptors (Lipinski definition) is 1. The highest BCUT2D eigenvalue weighted by Gasteiger charge is 2.20. The fourth-order valence-electron chi connectivity index (χ4n) is 3.30. The minimum atomic E-state index is 0.0534. The predicted molar refractivity (Wildman–Crippen MR) is 106 cm³/mol. The molecule has 0 atom stereocenters. The van der Waals surface area contributed by atoms with E-state index >= 15 is 0 Å². The number of pyridine rings is 1. The van der Waals surface area contributed by atoms with Gasteiger partial charge in [-0.15, -0.1) is 0 Å². The van der Waals surface area contributed by atoms with E-state index in [4.69, 9.17) is 4.98 Å². The minimum Gasteiger partial charge on any atom is -0.252 e. The summed E-state index contributed by atoms with van der Waals surface area (Å²) in [5.41, 5.74) is 6.52. The lowest BCUT2D eigenvalue weighted by atomic mass is 9.84. The van der Waals surface area contributed by atoms with Crippen molar-refractivity contribution in [1.82, 2.24) is 4.98 Å². The van der Waals surface area contributed by atoms with Crippen molar-refractivity contribution in [1.29, 1.82) is 0 Å². The van der Waals surface area contributed by atoms with Gasteiger partial charge in [-0.1, -0.05) is 59.7 Å². The molecule has 0 bridgehead atoms. The van der Waals surface area contributed by atoms with Crippen molar-refractivity contribution in [3.8, 4) is 0 Å². The van der Waals surface area contributed by atoms with E-state index in [2.05, 4.69) is 85.7 Å². The van der Waals surface area contributed by atoms with Gasteiger partial charge in [0.15, 0.2) is 0 Å². The van der Waals surface area contributed by atoms with Gasteiger partial charge < -0.3 is 0 Å². The second-order valence-corrected chi connectivity index (χ2v) is 9.17. The zero-order valence-corrected chi connectivity index (χ0v) is 16.3. The Labute approximate surface area is 146 Å². The third-order valence-corrected chi connectivity index (χ3v) is 4.96. The van der Waals surface area contributed by atoms with E-state index < -0.39 is 0 Å². The number of nitrogens with zero attached hydrogens (tertiary/aromatic N) is 1. The summed E-state index contributed by atoms with van der Waals surface area (Å²) in [7, 11) is 0. The molecule has 0 radical (unpaired) electrons. The number of rotatable bonds is 0. The average Bonchev–Trinajstić information content (AvgIpc) is 2.45. The van der Waals surface area contributed by atoms with Gasteiger partial charge in [0.25, 0.3) is 0 Å². The zero-order chi connectivity index (χ0) is 17.9. The van der Waals surface area contributed by atoms with E-state index in [0.717, 1.165) is 5.52 Å². The monoisotopic (exact) mass is 319 g/mol. The molecule has 0 saturated carbocycles. The first-order chi connectivity index (χ1) is 11.0. The lowest BCUT2D eigenvalue weighted by molar-refractivity contribution is 0.571. The van der Waals surface area contributed by atoms with E-state index in [1.807, 2.05) is 0 Å². The van der Waals surface area contributed by atoms with Crippen molar-refractivity contribution >= 4 is 21.7 Å². The molecule has 0 aliphatic heterocycles. The lowest BCUT2D eigenvalue weighted by Crippen LogP contribution is -2.14. The van der Waals surface area contributed by atoms with Gasteiger partial charge in [0.1, 0.15) is 0 Å². The molecule has 0 saturated heterocycles. The number of aryl methyl sites for hydroxylation is 2. The molecule has 3 rings (SSSR count). The summed E-state index contributed by atoms with van der Waals surface area (Å²) < 4.78 is 0. The molecule has 0 aliphatic carbocycles. The average molecular weight is 319 g/mol. The van der Waals surface area contributed by atoms with Gasteiger partial charge in [-0.2, -0.15) is 0 Å². The summed E-state index contributed by atoms with van der Waals surface area (Å²) in [6.45, 7) is 17.9. The summed E-state index contributed by atoms with van der Waals surface area (Å²) in [5, 5.41) is 3.86. The van der Waals surface area contributed by atoms with Crippen LogP contribution < -0.4 is 0 Å². The molecule has 1 heteroatoms. The molecule has 0 spiro atoms. The predicted octanol–water partition coefficient (Wildman–Crippen LogP) is 6.60. The second-order valence-electron chi connectivity index (χ2n) is 9.17.